The largest absolute Gasteiger partial charge is 0.490 e. The van der Waals surface area contributed by atoms with Crippen molar-refractivity contribution in [3.05, 3.63) is 35.5 Å². The van der Waals surface area contributed by atoms with Crippen LogP contribution in [0, 0.1) is 11.3 Å². The highest BCUT2D eigenvalue weighted by Crippen LogP contribution is 2.31. The lowest BCUT2D eigenvalue weighted by molar-refractivity contribution is -0.132. The van der Waals surface area contributed by atoms with Gasteiger partial charge in [-0.05, 0) is 49.9 Å². The summed E-state index contributed by atoms with van der Waals surface area (Å²) in [5, 5.41) is 10.7. The van der Waals surface area contributed by atoms with Crippen molar-refractivity contribution in [2.45, 2.75) is 37.8 Å². The summed E-state index contributed by atoms with van der Waals surface area (Å²) in [7, 11) is 0. The van der Waals surface area contributed by atoms with Gasteiger partial charge in [0.15, 0.2) is 0 Å². The van der Waals surface area contributed by atoms with Crippen LogP contribution in [0.4, 0.5) is 0 Å². The van der Waals surface area contributed by atoms with E-state index in [9.17, 15) is 10.1 Å². The monoisotopic (exact) mass is 398 g/mol. The number of benzene rings is 1. The van der Waals surface area contributed by atoms with Crippen molar-refractivity contribution in [2.75, 3.05) is 26.2 Å². The molecule has 1 amide bonds. The molecule has 28 heavy (non-hydrogen) atoms. The number of carbonyl (C=O) groups excluding carboxylic acids is 1. The van der Waals surface area contributed by atoms with Crippen molar-refractivity contribution in [1.29, 1.82) is 5.26 Å². The molecule has 2 aromatic rings. The van der Waals surface area contributed by atoms with Crippen LogP contribution in [0.15, 0.2) is 30.5 Å². The van der Waals surface area contributed by atoms with Crippen LogP contribution < -0.4 is 4.74 Å². The van der Waals surface area contributed by atoms with Crippen molar-refractivity contribution in [3.8, 4) is 11.8 Å². The normalized spacial score (nSPS) is 21.0. The topological polar surface area (TPSA) is 69.5 Å². The number of aromatic nitrogens is 1. The molecular weight excluding hydrogens is 376 g/mol. The molecule has 1 aromatic carbocycles. The van der Waals surface area contributed by atoms with Crippen molar-refractivity contribution < 1.29 is 9.53 Å². The number of hydrogen-bond acceptors (Lipinski definition) is 5. The van der Waals surface area contributed by atoms with E-state index in [1.54, 1.807) is 11.1 Å². The van der Waals surface area contributed by atoms with Gasteiger partial charge in [0.2, 0.25) is 5.91 Å². The minimum absolute atomic E-state index is 0.0678. The van der Waals surface area contributed by atoms with Gasteiger partial charge in [0.05, 0.1) is 23.2 Å². The van der Waals surface area contributed by atoms with Gasteiger partial charge in [0.25, 0.3) is 0 Å². The van der Waals surface area contributed by atoms with E-state index < -0.39 is 0 Å². The van der Waals surface area contributed by atoms with Gasteiger partial charge in [-0.1, -0.05) is 11.6 Å². The van der Waals surface area contributed by atoms with E-state index in [1.165, 1.54) is 0 Å². The summed E-state index contributed by atoms with van der Waals surface area (Å²) in [6.07, 6.45) is 5.27. The molecule has 0 N–H and O–H groups in total. The number of pyridine rings is 1. The number of nitrogens with zero attached hydrogens (tertiary/aromatic N) is 4. The highest BCUT2D eigenvalue weighted by Gasteiger charge is 2.30. The Morgan fingerprint density at radius 1 is 1.25 bits per heavy atom. The molecule has 1 aromatic heterocycles. The summed E-state index contributed by atoms with van der Waals surface area (Å²) < 4.78 is 6.25. The van der Waals surface area contributed by atoms with E-state index in [4.69, 9.17) is 16.3 Å². The maximum Gasteiger partial charge on any atom is 0.237 e. The van der Waals surface area contributed by atoms with Gasteiger partial charge < -0.3 is 9.64 Å². The van der Waals surface area contributed by atoms with Crippen LogP contribution in [0.1, 0.15) is 25.7 Å². The Bertz CT molecular complexity index is 905. The SMILES string of the molecule is N#C[C@@H]1CCCN1C(=O)CN1CCC(Oc2ccc(Cl)c3ncccc23)CC1. The van der Waals surface area contributed by atoms with Crippen LogP contribution in [0.3, 0.4) is 0 Å². The van der Waals surface area contributed by atoms with E-state index in [-0.39, 0.29) is 18.1 Å². The molecule has 0 spiro atoms. The quantitative estimate of drug-likeness (QED) is 0.790. The standard InChI is InChI=1S/C21H23ClN4O2/c22-18-5-6-19(17-4-1-9-24-21(17)18)28-16-7-11-25(12-8-16)14-20(27)26-10-2-3-15(26)13-23/h1,4-6,9,15-16H,2-3,7-8,10-12,14H2/t15-/m0/s1. The van der Waals surface area contributed by atoms with Crippen molar-refractivity contribution in [1.82, 2.24) is 14.8 Å². The van der Waals surface area contributed by atoms with E-state index in [0.29, 0.717) is 18.1 Å². The van der Waals surface area contributed by atoms with Crippen LogP contribution in [0.25, 0.3) is 10.9 Å². The average Bonchev–Trinajstić information content (AvgIpc) is 3.21. The maximum atomic E-state index is 12.5. The first-order valence-electron chi connectivity index (χ1n) is 9.77. The van der Waals surface area contributed by atoms with E-state index >= 15 is 0 Å². The molecule has 4 rings (SSSR count). The van der Waals surface area contributed by atoms with Crippen LogP contribution >= 0.6 is 11.6 Å². The fraction of sp³-hybridized carbons (Fsp3) is 0.476. The number of ether oxygens (including phenoxy) is 1. The zero-order chi connectivity index (χ0) is 19.5. The lowest BCUT2D eigenvalue weighted by Crippen LogP contribution is -2.46. The smallest absolute Gasteiger partial charge is 0.237 e. The van der Waals surface area contributed by atoms with Gasteiger partial charge in [-0.15, -0.1) is 0 Å². The van der Waals surface area contributed by atoms with Crippen molar-refractivity contribution >= 4 is 28.4 Å². The molecule has 3 heterocycles. The van der Waals surface area contributed by atoms with E-state index in [0.717, 1.165) is 55.4 Å². The third-order valence-corrected chi connectivity index (χ3v) is 5.89. The minimum Gasteiger partial charge on any atom is -0.490 e. The molecule has 146 valence electrons. The number of likely N-dealkylation sites (tertiary alicyclic amines) is 2. The molecule has 2 aliphatic rings. The third kappa shape index (κ3) is 3.91. The van der Waals surface area contributed by atoms with Crippen LogP contribution in [-0.4, -0.2) is 59.0 Å². The molecule has 2 saturated heterocycles. The zero-order valence-corrected chi connectivity index (χ0v) is 16.4. The number of amides is 1. The lowest BCUT2D eigenvalue weighted by atomic mass is 10.1. The van der Waals surface area contributed by atoms with Crippen LogP contribution in [0.5, 0.6) is 5.75 Å². The number of piperidine rings is 1. The molecule has 6 nitrogen and oxygen atoms in total. The Balaban J connectivity index is 1.33. The second-order valence-electron chi connectivity index (χ2n) is 7.41. The summed E-state index contributed by atoms with van der Waals surface area (Å²) in [6.45, 7) is 2.71. The summed E-state index contributed by atoms with van der Waals surface area (Å²) in [5.41, 5.74) is 0.752. The number of hydrogen-bond donors (Lipinski definition) is 0. The summed E-state index contributed by atoms with van der Waals surface area (Å²) >= 11 is 6.23. The summed E-state index contributed by atoms with van der Waals surface area (Å²) in [6, 6.07) is 9.56. The van der Waals surface area contributed by atoms with Crippen LogP contribution in [-0.2, 0) is 4.79 Å². The van der Waals surface area contributed by atoms with E-state index in [1.807, 2.05) is 24.3 Å². The third-order valence-electron chi connectivity index (χ3n) is 5.59. The number of nitriles is 1. The fourth-order valence-electron chi connectivity index (χ4n) is 4.06. The van der Waals surface area contributed by atoms with Gasteiger partial charge in [-0.25, -0.2) is 0 Å². The Morgan fingerprint density at radius 2 is 2.07 bits per heavy atom. The highest BCUT2D eigenvalue weighted by molar-refractivity contribution is 6.35. The molecular formula is C21H23ClN4O2. The first kappa shape index (κ1) is 19.0. The van der Waals surface area contributed by atoms with Crippen molar-refractivity contribution in [3.63, 3.8) is 0 Å². The second kappa shape index (κ2) is 8.34. The molecule has 0 bridgehead atoms. The number of rotatable bonds is 4. The molecule has 1 atom stereocenters. The fourth-order valence-corrected chi connectivity index (χ4v) is 4.27. The summed E-state index contributed by atoms with van der Waals surface area (Å²) in [4.78, 5) is 20.8. The molecule has 7 heteroatoms. The zero-order valence-electron chi connectivity index (χ0n) is 15.7. The van der Waals surface area contributed by atoms with Gasteiger partial charge in [-0.3, -0.25) is 14.7 Å². The average molecular weight is 399 g/mol. The Morgan fingerprint density at radius 3 is 2.86 bits per heavy atom. The molecule has 2 aliphatic heterocycles. The number of carbonyl (C=O) groups is 1. The summed E-state index contributed by atoms with van der Waals surface area (Å²) in [5.74, 6) is 0.870. The van der Waals surface area contributed by atoms with Gasteiger partial charge in [0.1, 0.15) is 17.9 Å². The highest BCUT2D eigenvalue weighted by atomic mass is 35.5. The number of halogens is 1. The molecule has 0 aliphatic carbocycles. The first-order valence-corrected chi connectivity index (χ1v) is 10.1. The van der Waals surface area contributed by atoms with Crippen LogP contribution in [0.2, 0.25) is 5.02 Å². The predicted octanol–water partition coefficient (Wildman–Crippen LogP) is 3.25. The van der Waals surface area contributed by atoms with Crippen molar-refractivity contribution in [2.24, 2.45) is 0 Å². The second-order valence-corrected chi connectivity index (χ2v) is 7.82. The molecule has 0 saturated carbocycles. The Kier molecular flexibility index (Phi) is 5.65. The maximum absolute atomic E-state index is 12.5. The lowest BCUT2D eigenvalue weighted by Gasteiger charge is -2.33. The van der Waals surface area contributed by atoms with Gasteiger partial charge >= 0.3 is 0 Å². The molecule has 0 unspecified atom stereocenters. The van der Waals surface area contributed by atoms with Gasteiger partial charge in [-0.2, -0.15) is 5.26 Å². The Labute approximate surface area is 169 Å². The molecule has 0 radical (unpaired) electrons. The predicted molar refractivity (Wildman–Crippen MR) is 107 cm³/mol. The van der Waals surface area contributed by atoms with Gasteiger partial charge in [0, 0.05) is 31.2 Å². The Hall–Kier alpha value is -2.36. The minimum atomic E-state index is -0.250. The molecule has 2 fully saturated rings. The first-order chi connectivity index (χ1) is 13.7. The number of fused-ring (bicyclic) bond motifs is 1. The van der Waals surface area contributed by atoms with E-state index in [2.05, 4.69) is 16.0 Å².